The second kappa shape index (κ2) is 35.9. The molecule has 0 saturated heterocycles. The molecule has 0 saturated carbocycles. The average molecular weight is 828 g/mol. The molecular formula is C39H69N15O5. The zero-order valence-corrected chi connectivity index (χ0v) is 34.9. The molecule has 3 unspecified atom stereocenters. The molecular weight excluding hydrogens is 759 g/mol. The van der Waals surface area contributed by atoms with Crippen LogP contribution in [0.5, 0.6) is 0 Å². The van der Waals surface area contributed by atoms with E-state index in [2.05, 4.69) is 80.9 Å². The van der Waals surface area contributed by atoms with Gasteiger partial charge in [-0.2, -0.15) is 0 Å². The first-order valence-electron chi connectivity index (χ1n) is 18.4. The van der Waals surface area contributed by atoms with Gasteiger partial charge in [0.25, 0.3) is 0 Å². The molecule has 0 radical (unpaired) electrons. The fourth-order valence-corrected chi connectivity index (χ4v) is 4.84. The summed E-state index contributed by atoms with van der Waals surface area (Å²) in [6, 6.07) is 14.3. The van der Waals surface area contributed by atoms with Gasteiger partial charge in [-0.05, 0) is 52.1 Å². The Kier molecular flexibility index (Phi) is 34.6. The highest BCUT2D eigenvalue weighted by molar-refractivity contribution is 5.93. The van der Waals surface area contributed by atoms with E-state index in [9.17, 15) is 19.2 Å². The van der Waals surface area contributed by atoms with Crippen LogP contribution in [0.1, 0.15) is 31.4 Å². The van der Waals surface area contributed by atoms with Crippen LogP contribution in [0.2, 0.25) is 0 Å². The molecule has 1 heterocycles. The predicted octanol–water partition coefficient (Wildman–Crippen LogP) is -2.00. The summed E-state index contributed by atoms with van der Waals surface area (Å²) in [5.74, 6) is -1.98. The molecule has 4 atom stereocenters. The number of aromatic nitrogens is 1. The van der Waals surface area contributed by atoms with Crippen molar-refractivity contribution >= 4 is 47.8 Å². The quantitative estimate of drug-likeness (QED) is 0.0269. The zero-order valence-electron chi connectivity index (χ0n) is 34.9. The largest absolute Gasteiger partial charge is 0.403 e. The molecule has 0 aliphatic rings. The highest BCUT2D eigenvalue weighted by Crippen LogP contribution is 2.15. The molecule has 0 aliphatic carbocycles. The number of nitrogens with two attached hydrogens (primary N) is 8. The summed E-state index contributed by atoms with van der Waals surface area (Å²) in [6.07, 6.45) is 4.77. The van der Waals surface area contributed by atoms with E-state index in [4.69, 9.17) is 33.1 Å². The Morgan fingerprint density at radius 1 is 0.881 bits per heavy atom. The van der Waals surface area contributed by atoms with Gasteiger partial charge in [-0.1, -0.05) is 55.1 Å². The number of fused-ring (bicyclic) bond motifs is 1. The van der Waals surface area contributed by atoms with E-state index in [0.29, 0.717) is 26.0 Å². The van der Waals surface area contributed by atoms with E-state index in [1.807, 2.05) is 25.3 Å². The average Bonchev–Trinajstić information content (AvgIpc) is 3.62. The molecule has 0 bridgehead atoms. The molecule has 0 aliphatic heterocycles. The van der Waals surface area contributed by atoms with Gasteiger partial charge in [0.1, 0.15) is 18.1 Å². The van der Waals surface area contributed by atoms with Crippen LogP contribution in [0.4, 0.5) is 0 Å². The van der Waals surface area contributed by atoms with Crippen molar-refractivity contribution in [1.29, 1.82) is 5.41 Å². The number of nitrogens with one attached hydrogen (secondary N) is 6. The van der Waals surface area contributed by atoms with Crippen molar-refractivity contribution in [3.8, 4) is 0 Å². The molecule has 0 fully saturated rings. The van der Waals surface area contributed by atoms with Gasteiger partial charge < -0.3 is 77.0 Å². The van der Waals surface area contributed by atoms with Gasteiger partial charge in [0, 0.05) is 79.8 Å². The van der Waals surface area contributed by atoms with Crippen LogP contribution in [-0.4, -0.2) is 111 Å². The number of amides is 5. The lowest BCUT2D eigenvalue weighted by Gasteiger charge is -2.28. The first-order valence-corrected chi connectivity index (χ1v) is 18.4. The Morgan fingerprint density at radius 2 is 1.42 bits per heavy atom. The summed E-state index contributed by atoms with van der Waals surface area (Å²) in [6.45, 7) is 11.0. The van der Waals surface area contributed by atoms with Crippen molar-refractivity contribution in [3.63, 3.8) is 0 Å². The third-order valence-electron chi connectivity index (χ3n) is 7.73. The number of aromatic amines is 1. The minimum Gasteiger partial charge on any atom is -0.403 e. The third-order valence-corrected chi connectivity index (χ3v) is 7.73. The number of primary amides is 2. The number of carbonyl (C=O) groups is 5. The molecule has 59 heavy (non-hydrogen) atoms. The third kappa shape index (κ3) is 25.4. The van der Waals surface area contributed by atoms with E-state index < -0.39 is 35.8 Å². The van der Waals surface area contributed by atoms with Crippen molar-refractivity contribution in [1.82, 2.24) is 31.2 Å². The number of carbonyl (C=O) groups excluding carboxylic acids is 5. The van der Waals surface area contributed by atoms with Gasteiger partial charge in [-0.3, -0.25) is 29.4 Å². The zero-order chi connectivity index (χ0) is 45.8. The topological polar surface area (TPSA) is 385 Å². The van der Waals surface area contributed by atoms with Gasteiger partial charge in [0.2, 0.25) is 30.5 Å². The van der Waals surface area contributed by atoms with Gasteiger partial charge >= 0.3 is 0 Å². The molecule has 22 N–H and O–H groups in total. The fraction of sp³-hybridized carbons (Fsp3) is 0.385. The lowest BCUT2D eigenvalue weighted by molar-refractivity contribution is -0.135. The minimum atomic E-state index is -1.16. The first-order chi connectivity index (χ1) is 28.2. The lowest BCUT2D eigenvalue weighted by Crippen LogP contribution is -2.56. The number of nitrogens with zero attached hydrogens (tertiary/aromatic N) is 1. The molecule has 3 aromatic rings. The van der Waals surface area contributed by atoms with Crippen LogP contribution in [0.3, 0.4) is 0 Å². The normalized spacial score (nSPS) is 11.8. The number of benzene rings is 2. The van der Waals surface area contributed by atoms with E-state index in [-0.39, 0.29) is 37.5 Å². The first kappa shape index (κ1) is 56.8. The lowest BCUT2D eigenvalue weighted by atomic mass is 10.0. The number of hydrogen-bond acceptors (Lipinski definition) is 13. The highest BCUT2D eigenvalue weighted by atomic mass is 16.2. The van der Waals surface area contributed by atoms with Crippen molar-refractivity contribution in [2.75, 3.05) is 40.3 Å². The summed E-state index contributed by atoms with van der Waals surface area (Å²) >= 11 is 0. The van der Waals surface area contributed by atoms with Crippen molar-refractivity contribution in [2.45, 2.75) is 57.8 Å². The maximum Gasteiger partial charge on any atom is 0.243 e. The Bertz CT molecular complexity index is 1650. The molecule has 1 aromatic heterocycles. The molecule has 3 rings (SSSR count). The molecule has 0 spiro atoms. The monoisotopic (exact) mass is 828 g/mol. The van der Waals surface area contributed by atoms with Gasteiger partial charge in [0.05, 0.1) is 6.34 Å². The summed E-state index contributed by atoms with van der Waals surface area (Å²) < 4.78 is 0. The minimum absolute atomic E-state index is 0.0675. The second-order valence-corrected chi connectivity index (χ2v) is 12.1. The van der Waals surface area contributed by atoms with Gasteiger partial charge in [-0.25, -0.2) is 0 Å². The SMILES string of the molecule is C=C(CN)NC(C)CNCCN(C=O)C(C)C(=O)N[C@@H](C/C(N)=C/N)C(=O)NC(Cc1ccccc1)C(N)=O.CN.CN.Cc1c[nH]c2ccccc12.N=CN.NC=O. The Hall–Kier alpha value is -6.48. The van der Waals surface area contributed by atoms with Crippen molar-refractivity contribution < 1.29 is 24.0 Å². The fourth-order valence-electron chi connectivity index (χ4n) is 4.84. The summed E-state index contributed by atoms with van der Waals surface area (Å²) in [5, 5.41) is 18.7. The maximum absolute atomic E-state index is 13.1. The Labute approximate surface area is 347 Å². The number of rotatable bonds is 19. The molecule has 20 heteroatoms. The Balaban J connectivity index is -0.00000128. The number of hydrogen-bond donors (Lipinski definition) is 14. The number of H-pyrrole nitrogens is 1. The molecule has 330 valence electrons. The molecule has 20 nitrogen and oxygen atoms in total. The van der Waals surface area contributed by atoms with E-state index in [0.717, 1.165) is 23.8 Å². The van der Waals surface area contributed by atoms with Crippen LogP contribution < -0.4 is 67.1 Å². The highest BCUT2D eigenvalue weighted by Gasteiger charge is 2.29. The van der Waals surface area contributed by atoms with Crippen LogP contribution in [0.15, 0.2) is 85.0 Å². The summed E-state index contributed by atoms with van der Waals surface area (Å²) in [4.78, 5) is 62.9. The standard InChI is InChI=1S/C26H43N9O4.C9H9N.CH4N2.CH3NO.2CH5N/c1-17(13-27)32-18(2)15-31-9-10-35(16-36)19(3)25(38)34-23(12-21(29)14-28)26(39)33-22(24(30)37)11-20-7-5-4-6-8-20;1-7-6-10-9-5-3-2-4-8(7)9;2*2-1-3;2*1-2/h4-8,14,16,18-19,22-23,31-32H,1,9-13,15,27-29H2,2-3H3,(H2,30,37)(H,33,39)(H,34,38);2-6,10H,1H3;1H,(H3,2,3);1H,(H2,2,3);2*2H2,1H3/b21-14-;;;;;/t18?,19?,22?,23-;;;;;/m0...../s1. The number of para-hydroxylation sites is 1. The van der Waals surface area contributed by atoms with Crippen LogP contribution in [0.25, 0.3) is 10.9 Å². The van der Waals surface area contributed by atoms with Crippen LogP contribution in [-0.2, 0) is 30.4 Å². The van der Waals surface area contributed by atoms with E-state index in [1.54, 1.807) is 24.3 Å². The Morgan fingerprint density at radius 3 is 1.93 bits per heavy atom. The molecule has 2 aromatic carbocycles. The molecule has 5 amide bonds. The van der Waals surface area contributed by atoms with E-state index in [1.165, 1.54) is 42.4 Å². The van der Waals surface area contributed by atoms with E-state index >= 15 is 0 Å². The van der Waals surface area contributed by atoms with Gasteiger partial charge in [0.15, 0.2) is 0 Å². The van der Waals surface area contributed by atoms with Crippen LogP contribution in [0, 0.1) is 12.3 Å². The summed E-state index contributed by atoms with van der Waals surface area (Å²) in [7, 11) is 3.00. The smallest absolute Gasteiger partial charge is 0.243 e. The predicted molar refractivity (Wildman–Crippen MR) is 237 cm³/mol. The second-order valence-electron chi connectivity index (χ2n) is 12.1. The van der Waals surface area contributed by atoms with Crippen molar-refractivity contribution in [3.05, 3.63) is 96.1 Å². The van der Waals surface area contributed by atoms with Crippen LogP contribution >= 0.6 is 0 Å². The van der Waals surface area contributed by atoms with Crippen molar-refractivity contribution in [2.24, 2.45) is 45.9 Å². The number of aryl methyl sites for hydroxylation is 1. The van der Waals surface area contributed by atoms with Gasteiger partial charge in [-0.15, -0.1) is 0 Å². The summed E-state index contributed by atoms with van der Waals surface area (Å²) in [5.41, 5.74) is 44.1. The maximum atomic E-state index is 13.1.